The molecular weight excluding hydrogens is 486 g/mol. The molecule has 0 unspecified atom stereocenters. The van der Waals surface area contributed by atoms with Crippen molar-refractivity contribution in [2.45, 2.75) is 62.6 Å². The van der Waals surface area contributed by atoms with Crippen molar-refractivity contribution < 1.29 is 18.0 Å². The zero-order chi connectivity index (χ0) is 26.2. The molecule has 0 aromatic heterocycles. The van der Waals surface area contributed by atoms with Crippen LogP contribution in [0.2, 0.25) is 5.04 Å². The molecule has 3 aromatic rings. The Morgan fingerprint density at radius 3 is 1.92 bits per heavy atom. The number of hydrogen-bond donors (Lipinski definition) is 1. The summed E-state index contributed by atoms with van der Waals surface area (Å²) < 4.78 is 35.8. The van der Waals surface area contributed by atoms with Crippen molar-refractivity contribution in [3.05, 3.63) is 90.5 Å². The highest BCUT2D eigenvalue weighted by atomic mass is 32.2. The maximum Gasteiger partial charge on any atom is 0.261 e. The molecule has 3 aromatic carbocycles. The minimum absolute atomic E-state index is 0.103. The first-order valence-electron chi connectivity index (χ1n) is 12.5. The lowest BCUT2D eigenvalue weighted by molar-refractivity contribution is 0.0146. The number of nitrogens with zero attached hydrogens (tertiary/aromatic N) is 1. The summed E-state index contributed by atoms with van der Waals surface area (Å²) in [6.45, 7) is 10.6. The minimum atomic E-state index is -3.80. The van der Waals surface area contributed by atoms with E-state index < -0.39 is 30.0 Å². The first-order chi connectivity index (χ1) is 16.9. The predicted molar refractivity (Wildman–Crippen MR) is 148 cm³/mol. The Kier molecular flexibility index (Phi) is 7.34. The SMILES string of the molecule is Cc1ccc(S(=O)(=O)N2CC[C@](C)(O)[C@H]2CO[Si](c2ccccc2)(c2ccccc2)C(C)(C)C)cc1. The third kappa shape index (κ3) is 4.83. The van der Waals surface area contributed by atoms with Gasteiger partial charge in [0.2, 0.25) is 10.0 Å². The molecule has 0 aliphatic carbocycles. The van der Waals surface area contributed by atoms with Crippen molar-refractivity contribution in [2.24, 2.45) is 0 Å². The van der Waals surface area contributed by atoms with Crippen LogP contribution in [0.5, 0.6) is 0 Å². The lowest BCUT2D eigenvalue weighted by Gasteiger charge is -2.44. The van der Waals surface area contributed by atoms with Gasteiger partial charge in [-0.05, 0) is 47.8 Å². The summed E-state index contributed by atoms with van der Waals surface area (Å²) in [7, 11) is -6.69. The van der Waals surface area contributed by atoms with Crippen LogP contribution in [0.4, 0.5) is 0 Å². The molecule has 1 fully saturated rings. The molecule has 0 spiro atoms. The van der Waals surface area contributed by atoms with Crippen LogP contribution in [0.1, 0.15) is 39.7 Å². The van der Waals surface area contributed by atoms with Crippen molar-refractivity contribution in [1.29, 1.82) is 0 Å². The predicted octanol–water partition coefficient (Wildman–Crippen LogP) is 4.09. The molecule has 0 amide bonds. The normalized spacial score (nSPS) is 21.6. The van der Waals surface area contributed by atoms with E-state index in [0.29, 0.717) is 6.42 Å². The molecule has 0 radical (unpaired) electrons. The van der Waals surface area contributed by atoms with Gasteiger partial charge in [0.25, 0.3) is 8.32 Å². The van der Waals surface area contributed by atoms with Crippen LogP contribution in [0.25, 0.3) is 0 Å². The maximum atomic E-state index is 13.7. The number of hydrogen-bond acceptors (Lipinski definition) is 4. The second-order valence-electron chi connectivity index (χ2n) is 11.0. The van der Waals surface area contributed by atoms with Crippen molar-refractivity contribution in [1.82, 2.24) is 4.31 Å². The summed E-state index contributed by atoms with van der Waals surface area (Å²) >= 11 is 0. The van der Waals surface area contributed by atoms with Gasteiger partial charge in [0.1, 0.15) is 0 Å². The van der Waals surface area contributed by atoms with Crippen LogP contribution in [0.3, 0.4) is 0 Å². The number of rotatable bonds is 7. The Labute approximate surface area is 216 Å². The molecule has 0 saturated carbocycles. The number of aryl methyl sites for hydroxylation is 1. The fraction of sp³-hybridized carbons (Fsp3) is 0.379. The molecule has 4 rings (SSSR count). The number of benzene rings is 3. The highest BCUT2D eigenvalue weighted by Crippen LogP contribution is 2.39. The van der Waals surface area contributed by atoms with Crippen molar-refractivity contribution in [3.63, 3.8) is 0 Å². The van der Waals surface area contributed by atoms with Crippen molar-refractivity contribution in [3.8, 4) is 0 Å². The van der Waals surface area contributed by atoms with E-state index >= 15 is 0 Å². The molecule has 7 heteroatoms. The monoisotopic (exact) mass is 523 g/mol. The van der Waals surface area contributed by atoms with E-state index in [9.17, 15) is 13.5 Å². The number of sulfonamides is 1. The fourth-order valence-corrected chi connectivity index (χ4v) is 11.6. The van der Waals surface area contributed by atoms with Gasteiger partial charge in [0, 0.05) is 6.54 Å². The van der Waals surface area contributed by atoms with Gasteiger partial charge in [-0.1, -0.05) is 99.1 Å². The largest absolute Gasteiger partial charge is 0.406 e. The van der Waals surface area contributed by atoms with E-state index in [1.54, 1.807) is 31.2 Å². The first-order valence-corrected chi connectivity index (χ1v) is 15.8. The quantitative estimate of drug-likeness (QED) is 0.474. The minimum Gasteiger partial charge on any atom is -0.406 e. The fourth-order valence-electron chi connectivity index (χ4n) is 5.33. The smallest absolute Gasteiger partial charge is 0.261 e. The Balaban J connectivity index is 1.77. The van der Waals surface area contributed by atoms with Gasteiger partial charge < -0.3 is 9.53 Å². The molecule has 1 heterocycles. The first kappa shape index (κ1) is 26.8. The molecule has 2 atom stereocenters. The second-order valence-corrected chi connectivity index (χ2v) is 17.2. The van der Waals surface area contributed by atoms with Gasteiger partial charge >= 0.3 is 0 Å². The molecule has 5 nitrogen and oxygen atoms in total. The molecule has 0 bridgehead atoms. The summed E-state index contributed by atoms with van der Waals surface area (Å²) in [6, 6.07) is 26.7. The van der Waals surface area contributed by atoms with Gasteiger partial charge in [0.05, 0.1) is 23.1 Å². The van der Waals surface area contributed by atoms with Gasteiger partial charge in [-0.15, -0.1) is 0 Å². The zero-order valence-corrected chi connectivity index (χ0v) is 23.6. The van der Waals surface area contributed by atoms with Crippen LogP contribution in [0, 0.1) is 6.92 Å². The van der Waals surface area contributed by atoms with Crippen LogP contribution >= 0.6 is 0 Å². The average molecular weight is 524 g/mol. The lowest BCUT2D eigenvalue weighted by Crippen LogP contribution is -2.68. The molecular formula is C29H37NO4SSi. The molecule has 36 heavy (non-hydrogen) atoms. The Morgan fingerprint density at radius 2 is 1.44 bits per heavy atom. The molecule has 1 aliphatic rings. The van der Waals surface area contributed by atoms with Crippen LogP contribution in [0.15, 0.2) is 89.8 Å². The number of aliphatic hydroxyl groups is 1. The Hall–Kier alpha value is -2.29. The lowest BCUT2D eigenvalue weighted by atomic mass is 9.98. The van der Waals surface area contributed by atoms with Gasteiger partial charge in [-0.2, -0.15) is 4.31 Å². The molecule has 1 saturated heterocycles. The maximum absolute atomic E-state index is 13.7. The highest BCUT2D eigenvalue weighted by Gasteiger charge is 2.53. The van der Waals surface area contributed by atoms with Crippen molar-refractivity contribution in [2.75, 3.05) is 13.2 Å². The standard InChI is InChI=1S/C29H37NO4SSi/c1-23-16-18-24(19-17-23)35(32,33)30-21-20-29(5,31)27(30)22-34-36(28(2,3)4,25-12-8-6-9-13-25)26-14-10-7-11-15-26/h6-19,27,31H,20-22H2,1-5H3/t27-,29+/m1/s1. The topological polar surface area (TPSA) is 66.8 Å². The Bertz CT molecular complexity index is 1230. The zero-order valence-electron chi connectivity index (χ0n) is 21.8. The van der Waals surface area contributed by atoms with Crippen LogP contribution in [-0.4, -0.2) is 50.9 Å². The summed E-state index contributed by atoms with van der Waals surface area (Å²) in [5.41, 5.74) is -0.211. The third-order valence-electron chi connectivity index (χ3n) is 7.41. The summed E-state index contributed by atoms with van der Waals surface area (Å²) in [6.07, 6.45) is 0.354. The van der Waals surface area contributed by atoms with Crippen LogP contribution < -0.4 is 10.4 Å². The van der Waals surface area contributed by atoms with E-state index in [-0.39, 0.29) is 23.1 Å². The average Bonchev–Trinajstić information content (AvgIpc) is 3.15. The highest BCUT2D eigenvalue weighted by molar-refractivity contribution is 7.89. The molecule has 1 N–H and O–H groups in total. The van der Waals surface area contributed by atoms with E-state index in [2.05, 4.69) is 45.0 Å². The van der Waals surface area contributed by atoms with E-state index in [4.69, 9.17) is 4.43 Å². The Morgan fingerprint density at radius 1 is 0.944 bits per heavy atom. The van der Waals surface area contributed by atoms with E-state index in [1.807, 2.05) is 43.3 Å². The van der Waals surface area contributed by atoms with E-state index in [1.165, 1.54) is 4.31 Å². The summed E-state index contributed by atoms with van der Waals surface area (Å²) in [5.74, 6) is 0. The van der Waals surface area contributed by atoms with Gasteiger partial charge in [-0.25, -0.2) is 8.42 Å². The van der Waals surface area contributed by atoms with Gasteiger partial charge in [-0.3, -0.25) is 0 Å². The van der Waals surface area contributed by atoms with Crippen LogP contribution in [-0.2, 0) is 14.4 Å². The molecule has 1 aliphatic heterocycles. The third-order valence-corrected chi connectivity index (χ3v) is 14.3. The van der Waals surface area contributed by atoms with Crippen molar-refractivity contribution >= 4 is 28.7 Å². The summed E-state index contributed by atoms with van der Waals surface area (Å²) in [5, 5.41) is 13.3. The molecule has 192 valence electrons. The van der Waals surface area contributed by atoms with E-state index in [0.717, 1.165) is 15.9 Å². The summed E-state index contributed by atoms with van der Waals surface area (Å²) in [4.78, 5) is 0.237. The van der Waals surface area contributed by atoms with Gasteiger partial charge in [0.15, 0.2) is 0 Å². The second kappa shape index (κ2) is 9.87.